The van der Waals surface area contributed by atoms with Crippen molar-refractivity contribution in [3.63, 3.8) is 0 Å². The molecule has 1 aromatic carbocycles. The maximum Gasteiger partial charge on any atom is 0.255 e. The maximum atomic E-state index is 13.5. The minimum absolute atomic E-state index is 0.0638. The Bertz CT molecular complexity index is 967. The highest BCUT2D eigenvalue weighted by Gasteiger charge is 2.30. The molecule has 2 aliphatic rings. The van der Waals surface area contributed by atoms with Crippen LogP contribution in [0.1, 0.15) is 27.9 Å². The fourth-order valence-electron chi connectivity index (χ4n) is 3.49. The molecule has 0 bridgehead atoms. The molecule has 0 saturated carbocycles. The van der Waals surface area contributed by atoms with Gasteiger partial charge in [0.1, 0.15) is 5.82 Å². The Morgan fingerprint density at radius 2 is 2.15 bits per heavy atom. The molecular formula is C20H17ClFN3O. The van der Waals surface area contributed by atoms with Crippen molar-refractivity contribution in [2.45, 2.75) is 13.3 Å². The first-order valence-corrected chi connectivity index (χ1v) is 8.83. The van der Waals surface area contributed by atoms with Gasteiger partial charge in [-0.2, -0.15) is 0 Å². The summed E-state index contributed by atoms with van der Waals surface area (Å²) in [6.07, 6.45) is 3.50. The topological polar surface area (TPSA) is 45.6 Å². The molecule has 3 heterocycles. The molecule has 0 unspecified atom stereocenters. The molecule has 2 aromatic rings. The highest BCUT2D eigenvalue weighted by molar-refractivity contribution is 6.34. The van der Waals surface area contributed by atoms with Gasteiger partial charge in [-0.25, -0.2) is 4.39 Å². The lowest BCUT2D eigenvalue weighted by Crippen LogP contribution is -2.37. The molecule has 2 aliphatic heterocycles. The van der Waals surface area contributed by atoms with Gasteiger partial charge in [0.05, 0.1) is 29.0 Å². The monoisotopic (exact) mass is 369 g/mol. The van der Waals surface area contributed by atoms with Gasteiger partial charge in [-0.05, 0) is 42.2 Å². The van der Waals surface area contributed by atoms with Crippen LogP contribution in [-0.2, 0) is 0 Å². The SMILES string of the molecule is Cc1cccc(C(=O)N2CCC3=C(CN=C3c3cncc(F)c3)C2)c1Cl. The van der Waals surface area contributed by atoms with Crippen LogP contribution in [0.4, 0.5) is 4.39 Å². The van der Waals surface area contributed by atoms with Crippen LogP contribution in [-0.4, -0.2) is 41.1 Å². The first-order chi connectivity index (χ1) is 12.5. The van der Waals surface area contributed by atoms with E-state index < -0.39 is 0 Å². The molecule has 132 valence electrons. The molecule has 4 rings (SSSR count). The van der Waals surface area contributed by atoms with Crippen molar-refractivity contribution < 1.29 is 9.18 Å². The Labute approximate surface area is 156 Å². The van der Waals surface area contributed by atoms with E-state index in [4.69, 9.17) is 11.6 Å². The minimum atomic E-state index is -0.374. The van der Waals surface area contributed by atoms with Crippen molar-refractivity contribution in [2.24, 2.45) is 4.99 Å². The summed E-state index contributed by atoms with van der Waals surface area (Å²) in [6, 6.07) is 6.94. The zero-order valence-corrected chi connectivity index (χ0v) is 15.1. The average molecular weight is 370 g/mol. The number of amides is 1. The number of aryl methyl sites for hydroxylation is 1. The van der Waals surface area contributed by atoms with Crippen LogP contribution < -0.4 is 0 Å². The summed E-state index contributed by atoms with van der Waals surface area (Å²) in [7, 11) is 0. The number of halogens is 2. The van der Waals surface area contributed by atoms with Crippen molar-refractivity contribution in [3.05, 3.63) is 75.3 Å². The molecule has 1 amide bonds. The molecule has 4 nitrogen and oxygen atoms in total. The number of aromatic nitrogens is 1. The Kier molecular flexibility index (Phi) is 4.32. The van der Waals surface area contributed by atoms with Gasteiger partial charge in [0.15, 0.2) is 0 Å². The average Bonchev–Trinajstić information content (AvgIpc) is 3.06. The summed E-state index contributed by atoms with van der Waals surface area (Å²) in [5.41, 5.74) is 5.12. The van der Waals surface area contributed by atoms with E-state index >= 15 is 0 Å². The standard InChI is InChI=1S/C20H17ClFN3O/c1-12-3-2-4-17(18(12)21)20(26)25-6-5-16-14(11-25)9-24-19(16)13-7-15(22)10-23-8-13/h2-4,7-8,10H,5-6,9,11H2,1H3. The molecule has 0 aliphatic carbocycles. The van der Waals surface area contributed by atoms with Gasteiger partial charge in [0, 0.05) is 24.8 Å². The zero-order chi connectivity index (χ0) is 18.3. The Balaban J connectivity index is 1.57. The molecule has 0 saturated heterocycles. The summed E-state index contributed by atoms with van der Waals surface area (Å²) in [6.45, 7) is 3.53. The smallest absolute Gasteiger partial charge is 0.255 e. The van der Waals surface area contributed by atoms with E-state index in [-0.39, 0.29) is 11.7 Å². The number of pyridine rings is 1. The number of hydrogen-bond donors (Lipinski definition) is 0. The molecule has 1 aromatic heterocycles. The molecule has 0 spiro atoms. The fourth-order valence-corrected chi connectivity index (χ4v) is 3.70. The highest BCUT2D eigenvalue weighted by atomic mass is 35.5. The van der Waals surface area contributed by atoms with Crippen LogP contribution in [0.25, 0.3) is 0 Å². The number of carbonyl (C=O) groups excluding carboxylic acids is 1. The van der Waals surface area contributed by atoms with Gasteiger partial charge in [-0.15, -0.1) is 0 Å². The van der Waals surface area contributed by atoms with Crippen molar-refractivity contribution in [2.75, 3.05) is 19.6 Å². The van der Waals surface area contributed by atoms with Gasteiger partial charge in [-0.1, -0.05) is 23.7 Å². The molecule has 26 heavy (non-hydrogen) atoms. The van der Waals surface area contributed by atoms with Crippen molar-refractivity contribution in [1.29, 1.82) is 0 Å². The largest absolute Gasteiger partial charge is 0.334 e. The lowest BCUT2D eigenvalue weighted by molar-refractivity contribution is 0.0765. The third-order valence-corrected chi connectivity index (χ3v) is 5.34. The predicted molar refractivity (Wildman–Crippen MR) is 99.3 cm³/mol. The van der Waals surface area contributed by atoms with Crippen LogP contribution >= 0.6 is 11.6 Å². The first kappa shape index (κ1) is 16.9. The van der Waals surface area contributed by atoms with E-state index in [9.17, 15) is 9.18 Å². The number of hydrogen-bond acceptors (Lipinski definition) is 3. The normalized spacial score (nSPS) is 16.6. The van der Waals surface area contributed by atoms with E-state index in [1.54, 1.807) is 12.3 Å². The van der Waals surface area contributed by atoms with Crippen LogP contribution in [0.5, 0.6) is 0 Å². The quantitative estimate of drug-likeness (QED) is 0.807. The lowest BCUT2D eigenvalue weighted by Gasteiger charge is -2.29. The summed E-state index contributed by atoms with van der Waals surface area (Å²) in [4.78, 5) is 23.2. The molecule has 6 heteroatoms. The predicted octanol–water partition coefficient (Wildman–Crippen LogP) is 3.83. The van der Waals surface area contributed by atoms with E-state index in [1.165, 1.54) is 12.3 Å². The van der Waals surface area contributed by atoms with E-state index in [1.807, 2.05) is 24.0 Å². The van der Waals surface area contributed by atoms with Gasteiger partial charge in [0.25, 0.3) is 5.91 Å². The number of nitrogens with zero attached hydrogens (tertiary/aromatic N) is 3. The van der Waals surface area contributed by atoms with Gasteiger partial charge in [-0.3, -0.25) is 14.8 Å². The molecule has 0 radical (unpaired) electrons. The molecular weight excluding hydrogens is 353 g/mol. The number of carbonyl (C=O) groups is 1. The zero-order valence-electron chi connectivity index (χ0n) is 14.3. The van der Waals surface area contributed by atoms with E-state index in [0.717, 1.165) is 22.4 Å². The van der Waals surface area contributed by atoms with Crippen molar-refractivity contribution in [1.82, 2.24) is 9.88 Å². The van der Waals surface area contributed by atoms with Crippen LogP contribution in [0.15, 0.2) is 52.8 Å². The first-order valence-electron chi connectivity index (χ1n) is 8.45. The molecule has 0 N–H and O–H groups in total. The van der Waals surface area contributed by atoms with Crippen LogP contribution in [0.2, 0.25) is 5.02 Å². The minimum Gasteiger partial charge on any atom is -0.334 e. The van der Waals surface area contributed by atoms with Crippen molar-refractivity contribution >= 4 is 23.2 Å². The van der Waals surface area contributed by atoms with Gasteiger partial charge >= 0.3 is 0 Å². The van der Waals surface area contributed by atoms with Gasteiger partial charge < -0.3 is 4.90 Å². The second-order valence-corrected chi connectivity index (χ2v) is 6.93. The summed E-state index contributed by atoms with van der Waals surface area (Å²) in [5, 5.41) is 0.506. The fraction of sp³-hybridized carbons (Fsp3) is 0.250. The highest BCUT2D eigenvalue weighted by Crippen LogP contribution is 2.30. The van der Waals surface area contributed by atoms with Crippen LogP contribution in [0, 0.1) is 12.7 Å². The lowest BCUT2D eigenvalue weighted by atomic mass is 9.94. The summed E-state index contributed by atoms with van der Waals surface area (Å²) < 4.78 is 13.5. The summed E-state index contributed by atoms with van der Waals surface area (Å²) >= 11 is 6.31. The Morgan fingerprint density at radius 1 is 1.31 bits per heavy atom. The third kappa shape index (κ3) is 2.92. The third-order valence-electron chi connectivity index (χ3n) is 4.84. The molecule has 0 atom stereocenters. The second kappa shape index (κ2) is 6.65. The van der Waals surface area contributed by atoms with E-state index in [2.05, 4.69) is 9.98 Å². The number of benzene rings is 1. The van der Waals surface area contributed by atoms with Crippen LogP contribution in [0.3, 0.4) is 0 Å². The number of rotatable bonds is 2. The summed E-state index contributed by atoms with van der Waals surface area (Å²) in [5.74, 6) is -0.438. The van der Waals surface area contributed by atoms with Gasteiger partial charge in [0.2, 0.25) is 0 Å². The van der Waals surface area contributed by atoms with Crippen molar-refractivity contribution in [3.8, 4) is 0 Å². The number of aliphatic imine (C=N–C) groups is 1. The molecule has 0 fully saturated rings. The maximum absolute atomic E-state index is 13.5. The second-order valence-electron chi connectivity index (χ2n) is 6.55. The van der Waals surface area contributed by atoms with E-state index in [0.29, 0.717) is 42.2 Å². The Morgan fingerprint density at radius 3 is 2.96 bits per heavy atom. The Hall–Kier alpha value is -2.53.